The molecule has 0 N–H and O–H groups in total. The Labute approximate surface area is 983 Å². The van der Waals surface area contributed by atoms with E-state index in [9.17, 15) is 0 Å². The van der Waals surface area contributed by atoms with Crippen molar-refractivity contribution >= 4 is 43.6 Å². The van der Waals surface area contributed by atoms with Gasteiger partial charge < -0.3 is 79.9 Å². The van der Waals surface area contributed by atoms with Crippen LogP contribution in [0.5, 0.6) is 0 Å². The van der Waals surface area contributed by atoms with Gasteiger partial charge in [-0.1, -0.05) is 174 Å². The first-order valence-corrected chi connectivity index (χ1v) is 25.8. The van der Waals surface area contributed by atoms with Gasteiger partial charge in [-0.15, -0.1) is 11.0 Å². The number of benzene rings is 8. The van der Waals surface area contributed by atoms with Gasteiger partial charge in [0.1, 0.15) is 0 Å². The minimum absolute atomic E-state index is 0. The van der Waals surface area contributed by atoms with E-state index in [1.54, 1.807) is 5.56 Å². The molecular weight excluding hydrogens is 2430 g/mol. The van der Waals surface area contributed by atoms with E-state index in [4.69, 9.17) is 0 Å². The molecule has 0 saturated carbocycles. The van der Waals surface area contributed by atoms with Crippen molar-refractivity contribution in [3.63, 3.8) is 0 Å². The zero-order chi connectivity index (χ0) is 50.7. The second-order valence-electron chi connectivity index (χ2n) is 14.1. The van der Waals surface area contributed by atoms with Crippen LogP contribution < -0.4 is 0 Å². The number of hydrogen-bond donors (Lipinski definition) is 0. The third-order valence-corrected chi connectivity index (χ3v) is 11.0. The fraction of sp³-hybridized carbons (Fsp3) is 0.284. The maximum atomic E-state index is 3.50. The summed E-state index contributed by atoms with van der Waals surface area (Å²) >= 11 is 0. The molecule has 0 aliphatic heterocycles. The Kier molecular flexibility index (Phi) is 138. The van der Waals surface area contributed by atoms with Crippen molar-refractivity contribution in [1.82, 2.24) is 9.13 Å². The summed E-state index contributed by atoms with van der Waals surface area (Å²) in [7, 11) is 0. The van der Waals surface area contributed by atoms with Crippen LogP contribution in [0.4, 0.5) is 0 Å². The first-order chi connectivity index (χ1) is 34.2. The molecule has 0 fully saturated rings. The summed E-state index contributed by atoms with van der Waals surface area (Å²) in [5.41, 5.74) is 15.9. The van der Waals surface area contributed by atoms with Crippen LogP contribution in [0, 0.1) is 48.5 Å². The molecular formula is C67H76N2Y18-8. The van der Waals surface area contributed by atoms with Crippen molar-refractivity contribution < 1.29 is 589 Å². The maximum Gasteiger partial charge on any atom is 0.0297 e. The molecule has 0 unspecified atom stereocenters. The Morgan fingerprint density at radius 2 is 0.724 bits per heavy atom. The minimum atomic E-state index is 0. The van der Waals surface area contributed by atoms with Crippen molar-refractivity contribution in [3.05, 3.63) is 205 Å². The van der Waals surface area contributed by atoms with Crippen LogP contribution in [0.25, 0.3) is 77.0 Å². The van der Waals surface area contributed by atoms with Crippen LogP contribution in [0.3, 0.4) is 0 Å². The molecule has 0 saturated heterocycles. The van der Waals surface area contributed by atoms with E-state index >= 15 is 0 Å². The average Bonchev–Trinajstić information content (AvgIpc) is 4.12. The average molecular weight is 2510 g/mol. The van der Waals surface area contributed by atoms with E-state index in [2.05, 4.69) is 182 Å². The molecule has 2 nitrogen and oxygen atoms in total. The zero-order valence-corrected chi connectivity index (χ0v) is 106. The molecule has 416 valence electrons. The van der Waals surface area contributed by atoms with E-state index in [0.29, 0.717) is 0 Å². The summed E-state index contributed by atoms with van der Waals surface area (Å²) in [6.45, 7) is 32.4. The second kappa shape index (κ2) is 86.5. The second-order valence-corrected chi connectivity index (χ2v) is 14.1. The van der Waals surface area contributed by atoms with Crippen LogP contribution in [0.15, 0.2) is 140 Å². The van der Waals surface area contributed by atoms with E-state index in [0.717, 1.165) is 59.1 Å². The normalized spacial score (nSPS) is 7.99. The summed E-state index contributed by atoms with van der Waals surface area (Å²) < 4.78 is 4.60. The topological polar surface area (TPSA) is 9.86 Å². The first kappa shape index (κ1) is 139. The van der Waals surface area contributed by atoms with E-state index in [-0.39, 0.29) is 589 Å². The number of aryl methyl sites for hydroxylation is 3. The summed E-state index contributed by atoms with van der Waals surface area (Å²) in [6, 6.07) is 74.3. The molecule has 0 bridgehead atoms. The number of fused-ring (bicyclic) bond motifs is 9. The fourth-order valence-electron chi connectivity index (χ4n) is 8.30. The van der Waals surface area contributed by atoms with Crippen molar-refractivity contribution in [2.24, 2.45) is 0 Å². The summed E-state index contributed by atoms with van der Waals surface area (Å²) in [5, 5.41) is 4.84. The number of rotatable bonds is 5. The summed E-state index contributed by atoms with van der Waals surface area (Å²) in [4.78, 5) is 0. The molecule has 0 amide bonds. The van der Waals surface area contributed by atoms with E-state index in [1.165, 1.54) is 55.0 Å². The number of aromatic nitrogens is 2. The van der Waals surface area contributed by atoms with Gasteiger partial charge in [0.2, 0.25) is 0 Å². The first-order valence-electron chi connectivity index (χ1n) is 25.8. The fourth-order valence-corrected chi connectivity index (χ4v) is 8.30. The molecule has 1 aliphatic carbocycles. The monoisotopic (exact) mass is 2510 g/mol. The maximum absolute atomic E-state index is 3.50. The van der Waals surface area contributed by atoms with Crippen LogP contribution >= 0.6 is 0 Å². The van der Waals surface area contributed by atoms with Crippen molar-refractivity contribution in [2.45, 2.75) is 130 Å². The van der Waals surface area contributed by atoms with Crippen LogP contribution in [-0.4, -0.2) is 9.13 Å². The molecule has 18 radical (unpaired) electrons. The van der Waals surface area contributed by atoms with Gasteiger partial charge in [-0.25, -0.2) is 24.3 Å². The van der Waals surface area contributed by atoms with E-state index in [1.807, 2.05) is 119 Å². The van der Waals surface area contributed by atoms with Crippen molar-refractivity contribution in [3.8, 4) is 33.4 Å². The Morgan fingerprint density at radius 3 is 1.18 bits per heavy atom. The third kappa shape index (κ3) is 42.7. The summed E-state index contributed by atoms with van der Waals surface area (Å²) in [6.07, 6.45) is 2.26. The number of hydrogen-bond acceptors (Lipinski definition) is 0. The molecule has 11 rings (SSSR count). The molecule has 87 heavy (non-hydrogen) atoms. The van der Waals surface area contributed by atoms with Gasteiger partial charge in [0.05, 0.1) is 0 Å². The smallest absolute Gasteiger partial charge is 0.0297 e. The van der Waals surface area contributed by atoms with Gasteiger partial charge in [0, 0.05) is 613 Å². The molecule has 1 aliphatic rings. The van der Waals surface area contributed by atoms with Crippen LogP contribution in [-0.2, 0) is 615 Å². The Hall–Kier alpha value is 13.2. The van der Waals surface area contributed by atoms with Gasteiger partial charge in [0.15, 0.2) is 0 Å². The molecule has 8 aromatic carbocycles. The number of para-hydroxylation sites is 2. The standard InChI is InChI=1S/2C20H13N.C15H14.6C2H6.18Y/c1-2-21-19-11-7-6-10-17(19)18-14-16(12-13-20(18)21)15-8-4-3-5-9-15;1-2-21-19-11-7-6-10-17(19)18-13-12-16(14-20(18)21)15-8-4-3-5-9-15;1-2-11-7-5-9-14-13-8-4-3-6-12(13)10-15(11)14;6*1-2;;;;;;;;;;;;;;;;;;/h2*3-7,10-11,13H,2H2,1H3;3-9H,2,10H2,1H3;6*1-2H3;;;;;;;;;;;;;;;;;;/q2*-4;;;;;;;;;;;;;;;;;;;;;;;;;. The number of nitrogens with zero attached hydrogens (tertiary/aromatic N) is 2. The van der Waals surface area contributed by atoms with Crippen molar-refractivity contribution in [1.29, 1.82) is 0 Å². The molecule has 2 heterocycles. The minimum Gasteiger partial charge on any atom is -0.460 e. The summed E-state index contributed by atoms with van der Waals surface area (Å²) in [5.74, 6) is 0. The van der Waals surface area contributed by atoms with Gasteiger partial charge in [-0.2, -0.15) is 10.8 Å². The van der Waals surface area contributed by atoms with Crippen molar-refractivity contribution in [2.75, 3.05) is 0 Å². The molecule has 2 aromatic heterocycles. The van der Waals surface area contributed by atoms with Crippen LogP contribution in [0.2, 0.25) is 0 Å². The molecule has 20 heteroatoms. The predicted molar refractivity (Wildman–Crippen MR) is 304 cm³/mol. The largest absolute Gasteiger partial charge is 0.460 e. The Morgan fingerprint density at radius 1 is 0.333 bits per heavy atom. The van der Waals surface area contributed by atoms with E-state index < -0.39 is 0 Å². The molecule has 0 atom stereocenters. The predicted octanol–water partition coefficient (Wildman–Crippen LogP) is 19.3. The quantitative estimate of drug-likeness (QED) is 0.152. The Bertz CT molecular complexity index is 3040. The molecule has 0 spiro atoms. The van der Waals surface area contributed by atoms with Gasteiger partial charge in [-0.05, 0) is 72.0 Å². The van der Waals surface area contributed by atoms with Gasteiger partial charge in [0.25, 0.3) is 0 Å². The van der Waals surface area contributed by atoms with Gasteiger partial charge >= 0.3 is 0 Å². The third-order valence-electron chi connectivity index (χ3n) is 11.0. The Balaban J connectivity index is -0.0000000524. The SMILES string of the molecule is CC.CC.CC.CC.CC.CC.CCc1cccc2c1Cc1ccccc1-2.CCn1c2[c-]c(-c3[c-]ccc[c-]3)[c-]cc2c2ccccc21.CCn1c2c[c-]c(-c3[c-]ccc[c-]3)[c-]c2c2ccccc21.[Y].[Y].[Y].[Y].[Y].[Y].[Y].[Y].[Y].[Y].[Y].[Y].[Y].[Y].[Y].[Y].[Y].[Y]. The zero-order valence-electron chi connectivity index (χ0n) is 54.9. The van der Waals surface area contributed by atoms with Crippen LogP contribution in [0.1, 0.15) is 121 Å². The van der Waals surface area contributed by atoms with Gasteiger partial charge in [-0.3, -0.25) is 24.3 Å². The molecule has 10 aromatic rings.